The van der Waals surface area contributed by atoms with E-state index in [0.717, 1.165) is 5.56 Å². The van der Waals surface area contributed by atoms with E-state index in [0.29, 0.717) is 16.9 Å². The van der Waals surface area contributed by atoms with Crippen LogP contribution in [0.25, 0.3) is 11.6 Å². The lowest BCUT2D eigenvalue weighted by molar-refractivity contribution is -0.130. The largest absolute Gasteiger partial charge is 0.508 e. The number of carbonyl (C=O) groups is 1. The molecule has 0 saturated heterocycles. The monoisotopic (exact) mass is 284 g/mol. The number of aryl methyl sites for hydroxylation is 1. The first-order valence-electron chi connectivity index (χ1n) is 6.40. The number of carboxylic acids is 1. The number of carboxylic acid groups (broad SMARTS) is 1. The summed E-state index contributed by atoms with van der Waals surface area (Å²) in [6, 6.07) is 11.7. The van der Waals surface area contributed by atoms with Gasteiger partial charge in [0.05, 0.1) is 12.7 Å². The summed E-state index contributed by atoms with van der Waals surface area (Å²) in [7, 11) is 1.51. The Balaban J connectivity index is 2.56. The molecule has 0 bridgehead atoms. The van der Waals surface area contributed by atoms with E-state index in [1.807, 2.05) is 13.0 Å². The number of phenols is 1. The van der Waals surface area contributed by atoms with Crippen LogP contribution in [-0.4, -0.2) is 23.3 Å². The van der Waals surface area contributed by atoms with Crippen LogP contribution in [0, 0.1) is 6.92 Å². The highest BCUT2D eigenvalue weighted by Gasteiger charge is 2.15. The molecule has 4 heteroatoms. The van der Waals surface area contributed by atoms with Crippen LogP contribution in [0.3, 0.4) is 0 Å². The highest BCUT2D eigenvalue weighted by atomic mass is 16.5. The molecule has 108 valence electrons. The van der Waals surface area contributed by atoms with Crippen molar-refractivity contribution in [1.29, 1.82) is 0 Å². The van der Waals surface area contributed by atoms with E-state index < -0.39 is 5.97 Å². The summed E-state index contributed by atoms with van der Waals surface area (Å²) in [6.45, 7) is 1.89. The van der Waals surface area contributed by atoms with Crippen molar-refractivity contribution in [3.05, 3.63) is 59.2 Å². The van der Waals surface area contributed by atoms with E-state index in [9.17, 15) is 15.0 Å². The molecule has 0 aliphatic rings. The molecule has 2 N–H and O–H groups in total. The van der Waals surface area contributed by atoms with Crippen LogP contribution in [0.4, 0.5) is 0 Å². The van der Waals surface area contributed by atoms with Crippen molar-refractivity contribution in [1.82, 2.24) is 0 Å². The minimum absolute atomic E-state index is 0.136. The van der Waals surface area contributed by atoms with Crippen molar-refractivity contribution in [3.63, 3.8) is 0 Å². The number of aliphatic carboxylic acids is 1. The van der Waals surface area contributed by atoms with E-state index in [2.05, 4.69) is 0 Å². The molecule has 0 atom stereocenters. The molecule has 0 heterocycles. The molecule has 0 saturated carbocycles. The lowest BCUT2D eigenvalue weighted by Crippen LogP contribution is -2.02. The summed E-state index contributed by atoms with van der Waals surface area (Å²) < 4.78 is 5.24. The molecule has 2 aromatic rings. The van der Waals surface area contributed by atoms with Gasteiger partial charge < -0.3 is 14.9 Å². The van der Waals surface area contributed by atoms with Gasteiger partial charge in [-0.3, -0.25) is 0 Å². The Morgan fingerprint density at radius 2 is 1.81 bits per heavy atom. The standard InChI is InChI=1S/C17H16O4/c1-11-3-8-16(21-2)14(9-11)15(17(19)20)10-12-4-6-13(18)7-5-12/h3-10,18H,1-2H3,(H,19,20)/b15-10-. The lowest BCUT2D eigenvalue weighted by atomic mass is 10.00. The van der Waals surface area contributed by atoms with Crippen LogP contribution in [0.15, 0.2) is 42.5 Å². The molecule has 2 rings (SSSR count). The van der Waals surface area contributed by atoms with Crippen LogP contribution < -0.4 is 4.74 Å². The first kappa shape index (κ1) is 14.7. The Bertz CT molecular complexity index is 684. The number of hydrogen-bond acceptors (Lipinski definition) is 3. The van der Waals surface area contributed by atoms with Crippen LogP contribution in [-0.2, 0) is 4.79 Å². The summed E-state index contributed by atoms with van der Waals surface area (Å²) in [6.07, 6.45) is 1.55. The predicted octanol–water partition coefficient (Wildman–Crippen LogP) is 3.33. The van der Waals surface area contributed by atoms with Crippen LogP contribution in [0.5, 0.6) is 11.5 Å². The van der Waals surface area contributed by atoms with Crippen molar-refractivity contribution in [2.45, 2.75) is 6.92 Å². The van der Waals surface area contributed by atoms with Gasteiger partial charge in [-0.05, 0) is 42.8 Å². The lowest BCUT2D eigenvalue weighted by Gasteiger charge is -2.10. The van der Waals surface area contributed by atoms with Gasteiger partial charge >= 0.3 is 5.97 Å². The first-order chi connectivity index (χ1) is 10.0. The molecule has 0 aromatic heterocycles. The number of benzene rings is 2. The quantitative estimate of drug-likeness (QED) is 0.667. The average Bonchev–Trinajstić information content (AvgIpc) is 2.46. The second kappa shape index (κ2) is 6.13. The maximum Gasteiger partial charge on any atom is 0.336 e. The van der Waals surface area contributed by atoms with Crippen molar-refractivity contribution in [2.75, 3.05) is 7.11 Å². The number of methoxy groups -OCH3 is 1. The first-order valence-corrected chi connectivity index (χ1v) is 6.40. The molecular formula is C17H16O4. The Morgan fingerprint density at radius 1 is 1.14 bits per heavy atom. The molecule has 0 aliphatic heterocycles. The molecular weight excluding hydrogens is 268 g/mol. The summed E-state index contributed by atoms with van der Waals surface area (Å²) in [5.74, 6) is -0.392. The predicted molar refractivity (Wildman–Crippen MR) is 81.3 cm³/mol. The van der Waals surface area contributed by atoms with Crippen molar-refractivity contribution < 1.29 is 19.7 Å². The third-order valence-electron chi connectivity index (χ3n) is 3.08. The summed E-state index contributed by atoms with van der Waals surface area (Å²) in [5, 5.41) is 18.8. The SMILES string of the molecule is COc1ccc(C)cc1/C(=C/c1ccc(O)cc1)C(=O)O. The zero-order valence-corrected chi connectivity index (χ0v) is 11.8. The molecule has 0 amide bonds. The second-order valence-electron chi connectivity index (χ2n) is 4.66. The topological polar surface area (TPSA) is 66.8 Å². The molecule has 0 unspecified atom stereocenters. The Labute approximate surface area is 122 Å². The molecule has 21 heavy (non-hydrogen) atoms. The second-order valence-corrected chi connectivity index (χ2v) is 4.66. The van der Waals surface area contributed by atoms with Crippen molar-refractivity contribution in [3.8, 4) is 11.5 Å². The van der Waals surface area contributed by atoms with Gasteiger partial charge in [-0.2, -0.15) is 0 Å². The van der Waals surface area contributed by atoms with Gasteiger partial charge in [-0.25, -0.2) is 4.79 Å². The Hall–Kier alpha value is -2.75. The zero-order valence-electron chi connectivity index (χ0n) is 11.8. The smallest absolute Gasteiger partial charge is 0.336 e. The Morgan fingerprint density at radius 3 is 2.38 bits per heavy atom. The molecule has 0 aliphatic carbocycles. The van der Waals surface area contributed by atoms with Crippen LogP contribution >= 0.6 is 0 Å². The van der Waals surface area contributed by atoms with Gasteiger partial charge in [-0.1, -0.05) is 23.8 Å². The fourth-order valence-electron chi connectivity index (χ4n) is 2.02. The van der Waals surface area contributed by atoms with E-state index in [-0.39, 0.29) is 11.3 Å². The highest BCUT2D eigenvalue weighted by molar-refractivity contribution is 6.21. The van der Waals surface area contributed by atoms with Gasteiger partial charge in [0.25, 0.3) is 0 Å². The number of rotatable bonds is 4. The average molecular weight is 284 g/mol. The van der Waals surface area contributed by atoms with E-state index in [1.54, 1.807) is 30.3 Å². The molecule has 0 radical (unpaired) electrons. The zero-order chi connectivity index (χ0) is 15.4. The number of aromatic hydroxyl groups is 1. The highest BCUT2D eigenvalue weighted by Crippen LogP contribution is 2.29. The third kappa shape index (κ3) is 3.42. The van der Waals surface area contributed by atoms with Crippen molar-refractivity contribution >= 4 is 17.6 Å². The van der Waals surface area contributed by atoms with Gasteiger partial charge in [0, 0.05) is 5.56 Å². The Kier molecular flexibility index (Phi) is 4.28. The van der Waals surface area contributed by atoms with Crippen LogP contribution in [0.2, 0.25) is 0 Å². The summed E-state index contributed by atoms with van der Waals surface area (Å²) >= 11 is 0. The van der Waals surface area contributed by atoms with Gasteiger partial charge in [-0.15, -0.1) is 0 Å². The number of hydrogen-bond donors (Lipinski definition) is 2. The maximum absolute atomic E-state index is 11.6. The van der Waals surface area contributed by atoms with Gasteiger partial charge in [0.1, 0.15) is 11.5 Å². The minimum Gasteiger partial charge on any atom is -0.508 e. The fraction of sp³-hybridized carbons (Fsp3) is 0.118. The normalized spacial score (nSPS) is 11.2. The number of ether oxygens (including phenoxy) is 1. The molecule has 0 fully saturated rings. The third-order valence-corrected chi connectivity index (χ3v) is 3.08. The van der Waals surface area contributed by atoms with Crippen molar-refractivity contribution in [2.24, 2.45) is 0 Å². The molecule has 4 nitrogen and oxygen atoms in total. The van der Waals surface area contributed by atoms with E-state index >= 15 is 0 Å². The fourth-order valence-corrected chi connectivity index (χ4v) is 2.02. The van der Waals surface area contributed by atoms with Crippen LogP contribution in [0.1, 0.15) is 16.7 Å². The number of phenolic OH excluding ortho intramolecular Hbond substituents is 1. The molecule has 2 aromatic carbocycles. The molecule has 0 spiro atoms. The summed E-state index contributed by atoms with van der Waals surface area (Å²) in [5.41, 5.74) is 2.30. The summed E-state index contributed by atoms with van der Waals surface area (Å²) in [4.78, 5) is 11.6. The van der Waals surface area contributed by atoms with Gasteiger partial charge in [0.2, 0.25) is 0 Å². The minimum atomic E-state index is -1.04. The van der Waals surface area contributed by atoms with E-state index in [1.165, 1.54) is 19.2 Å². The van der Waals surface area contributed by atoms with Gasteiger partial charge in [0.15, 0.2) is 0 Å². The van der Waals surface area contributed by atoms with E-state index in [4.69, 9.17) is 4.74 Å². The maximum atomic E-state index is 11.6.